The fraction of sp³-hybridized carbons (Fsp3) is 0.167. The summed E-state index contributed by atoms with van der Waals surface area (Å²) in [5.41, 5.74) is 0.171. The minimum atomic E-state index is -4.37. The van der Waals surface area contributed by atoms with Gasteiger partial charge in [0, 0.05) is 5.56 Å². The summed E-state index contributed by atoms with van der Waals surface area (Å²) in [4.78, 5) is 0. The normalized spacial score (nSPS) is 11.8. The third-order valence-corrected chi connectivity index (χ3v) is 2.27. The summed E-state index contributed by atoms with van der Waals surface area (Å²) < 4.78 is 43.2. The Morgan fingerprint density at radius 1 is 1.12 bits per heavy atom. The summed E-state index contributed by atoms with van der Waals surface area (Å²) in [5, 5.41) is 0. The lowest BCUT2D eigenvalue weighted by atomic mass is 10.0. The molecule has 1 nitrogen and oxygen atoms in total. The van der Waals surface area contributed by atoms with Gasteiger partial charge in [-0.1, -0.05) is 11.6 Å². The van der Waals surface area contributed by atoms with Crippen LogP contribution in [0.5, 0.6) is 0 Å². The molecule has 0 atom stereocenters. The molecule has 1 aromatic heterocycles. The lowest BCUT2D eigenvalue weighted by Crippen LogP contribution is -2.07. The van der Waals surface area contributed by atoms with Gasteiger partial charge in [0.15, 0.2) is 0 Å². The molecule has 0 saturated carbocycles. The standard InChI is InChI=1S/C12H9F3O/c1-8-4-5-10(12(13,14)15)9(7-8)11-3-2-6-16-11/h2-7H,1H3. The molecule has 2 aromatic rings. The predicted octanol–water partition coefficient (Wildman–Crippen LogP) is 4.27. The average Bonchev–Trinajstić information content (AvgIpc) is 2.68. The summed E-state index contributed by atoms with van der Waals surface area (Å²) in [5.74, 6) is 0.232. The van der Waals surface area contributed by atoms with Crippen LogP contribution < -0.4 is 0 Å². The zero-order valence-electron chi connectivity index (χ0n) is 8.51. The van der Waals surface area contributed by atoms with Gasteiger partial charge in [0.2, 0.25) is 0 Å². The molecule has 0 saturated heterocycles. The monoisotopic (exact) mass is 226 g/mol. The van der Waals surface area contributed by atoms with E-state index < -0.39 is 11.7 Å². The first-order valence-electron chi connectivity index (χ1n) is 4.70. The van der Waals surface area contributed by atoms with Gasteiger partial charge in [-0.05, 0) is 31.2 Å². The van der Waals surface area contributed by atoms with E-state index in [0.717, 1.165) is 11.6 Å². The van der Waals surface area contributed by atoms with Crippen molar-refractivity contribution in [1.29, 1.82) is 0 Å². The van der Waals surface area contributed by atoms with Gasteiger partial charge >= 0.3 is 6.18 Å². The number of hydrogen-bond donors (Lipinski definition) is 0. The number of halogens is 3. The van der Waals surface area contributed by atoms with E-state index >= 15 is 0 Å². The van der Waals surface area contributed by atoms with Crippen LogP contribution in [0.2, 0.25) is 0 Å². The Morgan fingerprint density at radius 3 is 2.44 bits per heavy atom. The SMILES string of the molecule is Cc1ccc(C(F)(F)F)c(-c2ccco2)c1. The first-order chi connectivity index (χ1) is 7.48. The van der Waals surface area contributed by atoms with E-state index in [9.17, 15) is 13.2 Å². The first kappa shape index (κ1) is 10.8. The van der Waals surface area contributed by atoms with Crippen LogP contribution in [0.25, 0.3) is 11.3 Å². The van der Waals surface area contributed by atoms with E-state index in [2.05, 4.69) is 0 Å². The highest BCUT2D eigenvalue weighted by Crippen LogP contribution is 2.37. The molecule has 16 heavy (non-hydrogen) atoms. The summed E-state index contributed by atoms with van der Waals surface area (Å²) in [6.45, 7) is 1.74. The second kappa shape index (κ2) is 3.70. The van der Waals surface area contributed by atoms with Crippen molar-refractivity contribution in [2.24, 2.45) is 0 Å². The van der Waals surface area contributed by atoms with Gasteiger partial charge in [-0.2, -0.15) is 13.2 Å². The minimum Gasteiger partial charge on any atom is -0.464 e. The van der Waals surface area contributed by atoms with Gasteiger partial charge < -0.3 is 4.42 Å². The zero-order valence-corrected chi connectivity index (χ0v) is 8.51. The van der Waals surface area contributed by atoms with Crippen LogP contribution >= 0.6 is 0 Å². The second-order valence-electron chi connectivity index (χ2n) is 3.52. The van der Waals surface area contributed by atoms with Crippen molar-refractivity contribution >= 4 is 0 Å². The molecule has 1 aromatic carbocycles. The van der Waals surface area contributed by atoms with Crippen LogP contribution in [0, 0.1) is 6.92 Å². The quantitative estimate of drug-likeness (QED) is 0.707. The van der Waals surface area contributed by atoms with Crippen LogP contribution in [0.4, 0.5) is 13.2 Å². The molecule has 0 aliphatic carbocycles. The Balaban J connectivity index is 2.63. The second-order valence-corrected chi connectivity index (χ2v) is 3.52. The maximum absolute atomic E-state index is 12.7. The molecule has 4 heteroatoms. The molecule has 0 fully saturated rings. The van der Waals surface area contributed by atoms with E-state index in [0.29, 0.717) is 0 Å². The van der Waals surface area contributed by atoms with Crippen LogP contribution in [0.3, 0.4) is 0 Å². The molecule has 0 radical (unpaired) electrons. The molecule has 0 aliphatic heterocycles. The highest BCUT2D eigenvalue weighted by Gasteiger charge is 2.34. The van der Waals surface area contributed by atoms with Crippen molar-refractivity contribution in [3.63, 3.8) is 0 Å². The van der Waals surface area contributed by atoms with Crippen molar-refractivity contribution < 1.29 is 17.6 Å². The van der Waals surface area contributed by atoms with Gasteiger partial charge in [-0.15, -0.1) is 0 Å². The Labute approximate surface area is 90.5 Å². The topological polar surface area (TPSA) is 13.1 Å². The molecule has 0 spiro atoms. The number of hydrogen-bond acceptors (Lipinski definition) is 1. The van der Waals surface area contributed by atoms with Crippen LogP contribution in [-0.2, 0) is 6.18 Å². The minimum absolute atomic E-state index is 0.0810. The lowest BCUT2D eigenvalue weighted by Gasteiger charge is -2.11. The van der Waals surface area contributed by atoms with Gasteiger partial charge in [0.05, 0.1) is 11.8 Å². The highest BCUT2D eigenvalue weighted by atomic mass is 19.4. The Hall–Kier alpha value is -1.71. The number of benzene rings is 1. The van der Waals surface area contributed by atoms with Crippen LogP contribution in [0.15, 0.2) is 41.0 Å². The fourth-order valence-electron chi connectivity index (χ4n) is 1.54. The number of alkyl halides is 3. The third kappa shape index (κ3) is 1.96. The van der Waals surface area contributed by atoms with E-state index in [1.165, 1.54) is 24.5 Å². The van der Waals surface area contributed by atoms with Gasteiger partial charge in [0.25, 0.3) is 0 Å². The summed E-state index contributed by atoms with van der Waals surface area (Å²) in [7, 11) is 0. The lowest BCUT2D eigenvalue weighted by molar-refractivity contribution is -0.137. The van der Waals surface area contributed by atoms with E-state index in [-0.39, 0.29) is 11.3 Å². The molecule has 0 N–H and O–H groups in total. The largest absolute Gasteiger partial charge is 0.464 e. The molecule has 0 bridgehead atoms. The number of furan rings is 1. The number of rotatable bonds is 1. The molecule has 2 rings (SSSR count). The molecule has 0 amide bonds. The van der Waals surface area contributed by atoms with Gasteiger partial charge in [0.1, 0.15) is 5.76 Å². The average molecular weight is 226 g/mol. The van der Waals surface area contributed by atoms with Crippen molar-refractivity contribution in [1.82, 2.24) is 0 Å². The molecule has 1 heterocycles. The van der Waals surface area contributed by atoms with E-state index in [4.69, 9.17) is 4.42 Å². The van der Waals surface area contributed by atoms with Crippen molar-refractivity contribution in [3.05, 3.63) is 47.7 Å². The smallest absolute Gasteiger partial charge is 0.417 e. The fourth-order valence-corrected chi connectivity index (χ4v) is 1.54. The summed E-state index contributed by atoms with van der Waals surface area (Å²) in [6.07, 6.45) is -3.01. The van der Waals surface area contributed by atoms with Crippen molar-refractivity contribution in [2.75, 3.05) is 0 Å². The third-order valence-electron chi connectivity index (χ3n) is 2.27. The highest BCUT2D eigenvalue weighted by molar-refractivity contribution is 5.64. The maximum Gasteiger partial charge on any atom is 0.417 e. The molecule has 0 unspecified atom stereocenters. The van der Waals surface area contributed by atoms with Crippen LogP contribution in [-0.4, -0.2) is 0 Å². The van der Waals surface area contributed by atoms with Crippen LogP contribution in [0.1, 0.15) is 11.1 Å². The predicted molar refractivity (Wildman–Crippen MR) is 53.9 cm³/mol. The van der Waals surface area contributed by atoms with Gasteiger partial charge in [-0.3, -0.25) is 0 Å². The van der Waals surface area contributed by atoms with Crippen molar-refractivity contribution in [3.8, 4) is 11.3 Å². The summed E-state index contributed by atoms with van der Waals surface area (Å²) >= 11 is 0. The van der Waals surface area contributed by atoms with E-state index in [1.54, 1.807) is 13.0 Å². The first-order valence-corrected chi connectivity index (χ1v) is 4.70. The Kier molecular flexibility index (Phi) is 2.50. The molecule has 84 valence electrons. The van der Waals surface area contributed by atoms with E-state index in [1.807, 2.05) is 0 Å². The van der Waals surface area contributed by atoms with Crippen molar-refractivity contribution in [2.45, 2.75) is 13.1 Å². The molecular weight excluding hydrogens is 217 g/mol. The molecular formula is C12H9F3O. The van der Waals surface area contributed by atoms with Gasteiger partial charge in [-0.25, -0.2) is 0 Å². The Morgan fingerprint density at radius 2 is 1.88 bits per heavy atom. The molecule has 0 aliphatic rings. The number of aryl methyl sites for hydroxylation is 1. The Bertz CT molecular complexity index is 483. The maximum atomic E-state index is 12.7. The zero-order chi connectivity index (χ0) is 11.8. The summed E-state index contributed by atoms with van der Waals surface area (Å²) in [6, 6.07) is 7.08.